The van der Waals surface area contributed by atoms with Crippen LogP contribution in [-0.4, -0.2) is 27.0 Å². The van der Waals surface area contributed by atoms with Crippen molar-refractivity contribution in [2.45, 2.75) is 33.4 Å². The molecule has 0 saturated heterocycles. The molecule has 1 amide bonds. The molecule has 0 spiro atoms. The number of nitrogens with zero attached hydrogens (tertiary/aromatic N) is 3. The normalized spacial score (nSPS) is 11.4. The molecule has 0 saturated carbocycles. The Morgan fingerprint density at radius 3 is 2.67 bits per heavy atom. The molecule has 0 aliphatic carbocycles. The molecule has 0 atom stereocenters. The van der Waals surface area contributed by atoms with E-state index in [0.29, 0.717) is 27.1 Å². The van der Waals surface area contributed by atoms with Gasteiger partial charge in [-0.1, -0.05) is 23.7 Å². The number of carbonyl (C=O) groups excluding carboxylic acids is 1. The van der Waals surface area contributed by atoms with Crippen LogP contribution >= 0.6 is 11.6 Å². The molecule has 4 rings (SSSR count). The standard InChI is InChI=1S/C22H19ClFN3O3/c1-12(2)27(11-19-25-26-21(30-19)15-6-4-5-7-17(15)23)22(28)20-13(3)16-10-14(24)8-9-18(16)29-20/h4-10,12H,11H2,1-3H3. The van der Waals surface area contributed by atoms with Crippen molar-refractivity contribution in [2.75, 3.05) is 0 Å². The molecule has 6 nitrogen and oxygen atoms in total. The summed E-state index contributed by atoms with van der Waals surface area (Å²) in [7, 11) is 0. The number of halogens is 2. The summed E-state index contributed by atoms with van der Waals surface area (Å²) in [5, 5.41) is 9.17. The molecule has 0 unspecified atom stereocenters. The molecule has 0 aliphatic heterocycles. The molecule has 0 bridgehead atoms. The van der Waals surface area contributed by atoms with E-state index in [-0.39, 0.29) is 41.9 Å². The van der Waals surface area contributed by atoms with Gasteiger partial charge >= 0.3 is 0 Å². The molecular weight excluding hydrogens is 409 g/mol. The van der Waals surface area contributed by atoms with Gasteiger partial charge in [0.15, 0.2) is 5.76 Å². The number of benzene rings is 2. The van der Waals surface area contributed by atoms with Crippen LogP contribution in [0, 0.1) is 12.7 Å². The molecule has 2 heterocycles. The van der Waals surface area contributed by atoms with Gasteiger partial charge in [0.05, 0.1) is 17.1 Å². The van der Waals surface area contributed by atoms with Gasteiger partial charge in [-0.25, -0.2) is 4.39 Å². The second-order valence-corrected chi connectivity index (χ2v) is 7.61. The Labute approximate surface area is 177 Å². The van der Waals surface area contributed by atoms with E-state index in [1.54, 1.807) is 24.0 Å². The summed E-state index contributed by atoms with van der Waals surface area (Å²) in [5.74, 6) is -0.00949. The van der Waals surface area contributed by atoms with Crippen LogP contribution in [0.5, 0.6) is 0 Å². The van der Waals surface area contributed by atoms with Crippen molar-refractivity contribution in [1.82, 2.24) is 15.1 Å². The Morgan fingerprint density at radius 2 is 1.93 bits per heavy atom. The van der Waals surface area contributed by atoms with Gasteiger partial charge in [0.2, 0.25) is 11.8 Å². The molecule has 8 heteroatoms. The number of aryl methyl sites for hydroxylation is 1. The average Bonchev–Trinajstić information content (AvgIpc) is 3.31. The summed E-state index contributed by atoms with van der Waals surface area (Å²) in [6.07, 6.45) is 0. The summed E-state index contributed by atoms with van der Waals surface area (Å²) in [6.45, 7) is 5.58. The highest BCUT2D eigenvalue weighted by molar-refractivity contribution is 6.33. The average molecular weight is 428 g/mol. The van der Waals surface area contributed by atoms with Crippen LogP contribution in [0.2, 0.25) is 5.02 Å². The molecule has 154 valence electrons. The largest absolute Gasteiger partial charge is 0.451 e. The topological polar surface area (TPSA) is 72.4 Å². The zero-order valence-corrected chi connectivity index (χ0v) is 17.4. The van der Waals surface area contributed by atoms with Crippen molar-refractivity contribution in [2.24, 2.45) is 0 Å². The number of hydrogen-bond donors (Lipinski definition) is 0. The van der Waals surface area contributed by atoms with E-state index < -0.39 is 0 Å². The van der Waals surface area contributed by atoms with E-state index in [1.807, 2.05) is 26.0 Å². The number of carbonyl (C=O) groups is 1. The summed E-state index contributed by atoms with van der Waals surface area (Å²) in [5.41, 5.74) is 1.66. The number of hydrogen-bond acceptors (Lipinski definition) is 5. The van der Waals surface area contributed by atoms with Gasteiger partial charge in [-0.15, -0.1) is 10.2 Å². The molecule has 0 radical (unpaired) electrons. The Kier molecular flexibility index (Phi) is 5.30. The molecule has 2 aromatic carbocycles. The Morgan fingerprint density at radius 1 is 1.17 bits per heavy atom. The van der Waals surface area contributed by atoms with Gasteiger partial charge in [-0.2, -0.15) is 0 Å². The van der Waals surface area contributed by atoms with Gasteiger partial charge in [-0.05, 0) is 51.1 Å². The first-order valence-electron chi connectivity index (χ1n) is 9.42. The quantitative estimate of drug-likeness (QED) is 0.412. The van der Waals surface area contributed by atoms with Crippen LogP contribution in [0.1, 0.15) is 35.9 Å². The zero-order valence-electron chi connectivity index (χ0n) is 16.6. The Bertz CT molecular complexity index is 1230. The number of aromatic nitrogens is 2. The summed E-state index contributed by atoms with van der Waals surface area (Å²) >= 11 is 6.19. The SMILES string of the molecule is Cc1c(C(=O)N(Cc2nnc(-c3ccccc3Cl)o2)C(C)C)oc2ccc(F)cc12. The van der Waals surface area contributed by atoms with Gasteiger partial charge in [-0.3, -0.25) is 4.79 Å². The predicted molar refractivity (Wildman–Crippen MR) is 111 cm³/mol. The van der Waals surface area contributed by atoms with Crippen molar-refractivity contribution in [3.05, 3.63) is 70.5 Å². The lowest BCUT2D eigenvalue weighted by Gasteiger charge is -2.24. The lowest BCUT2D eigenvalue weighted by Crippen LogP contribution is -2.36. The highest BCUT2D eigenvalue weighted by Crippen LogP contribution is 2.29. The molecule has 0 N–H and O–H groups in total. The van der Waals surface area contributed by atoms with E-state index in [1.165, 1.54) is 18.2 Å². The maximum Gasteiger partial charge on any atom is 0.290 e. The molecular formula is C22H19ClFN3O3. The van der Waals surface area contributed by atoms with Crippen LogP contribution in [0.3, 0.4) is 0 Å². The third-order valence-electron chi connectivity index (χ3n) is 4.85. The van der Waals surface area contributed by atoms with Crippen molar-refractivity contribution in [1.29, 1.82) is 0 Å². The van der Waals surface area contributed by atoms with Gasteiger partial charge in [0.1, 0.15) is 11.4 Å². The highest BCUT2D eigenvalue weighted by Gasteiger charge is 2.27. The van der Waals surface area contributed by atoms with Crippen LogP contribution < -0.4 is 0 Å². The molecule has 4 aromatic rings. The number of fused-ring (bicyclic) bond motifs is 1. The number of amides is 1. The van der Waals surface area contributed by atoms with Crippen LogP contribution in [0.15, 0.2) is 51.3 Å². The lowest BCUT2D eigenvalue weighted by atomic mass is 10.1. The minimum Gasteiger partial charge on any atom is -0.451 e. The smallest absolute Gasteiger partial charge is 0.290 e. The van der Waals surface area contributed by atoms with Gasteiger partial charge in [0.25, 0.3) is 5.91 Å². The Hall–Kier alpha value is -3.19. The molecule has 0 aliphatic rings. The predicted octanol–water partition coefficient (Wildman–Crippen LogP) is 5.63. The number of furan rings is 1. The second kappa shape index (κ2) is 7.91. The molecule has 0 fully saturated rings. The van der Waals surface area contributed by atoms with Crippen molar-refractivity contribution >= 4 is 28.5 Å². The van der Waals surface area contributed by atoms with Crippen LogP contribution in [0.25, 0.3) is 22.4 Å². The zero-order chi connectivity index (χ0) is 21.4. The lowest BCUT2D eigenvalue weighted by molar-refractivity contribution is 0.0641. The summed E-state index contributed by atoms with van der Waals surface area (Å²) < 4.78 is 25.1. The first-order chi connectivity index (χ1) is 14.3. The molecule has 30 heavy (non-hydrogen) atoms. The van der Waals surface area contributed by atoms with Crippen molar-refractivity contribution < 1.29 is 18.0 Å². The van der Waals surface area contributed by atoms with Gasteiger partial charge in [0, 0.05) is 17.0 Å². The third-order valence-corrected chi connectivity index (χ3v) is 5.18. The first kappa shape index (κ1) is 20.1. The van der Waals surface area contributed by atoms with Crippen LogP contribution in [0.4, 0.5) is 4.39 Å². The number of rotatable bonds is 5. The monoisotopic (exact) mass is 427 g/mol. The fourth-order valence-electron chi connectivity index (χ4n) is 3.22. The second-order valence-electron chi connectivity index (χ2n) is 7.20. The fraction of sp³-hybridized carbons (Fsp3) is 0.227. The van der Waals surface area contributed by atoms with Crippen molar-refractivity contribution in [3.8, 4) is 11.5 Å². The summed E-state index contributed by atoms with van der Waals surface area (Å²) in [4.78, 5) is 14.8. The first-order valence-corrected chi connectivity index (χ1v) is 9.80. The maximum atomic E-state index is 13.6. The minimum atomic E-state index is -0.385. The van der Waals surface area contributed by atoms with E-state index in [9.17, 15) is 9.18 Å². The van der Waals surface area contributed by atoms with E-state index in [4.69, 9.17) is 20.4 Å². The van der Waals surface area contributed by atoms with Crippen molar-refractivity contribution in [3.63, 3.8) is 0 Å². The van der Waals surface area contributed by atoms with E-state index in [0.717, 1.165) is 0 Å². The fourth-order valence-corrected chi connectivity index (χ4v) is 3.44. The third kappa shape index (κ3) is 3.68. The Balaban J connectivity index is 1.63. The van der Waals surface area contributed by atoms with E-state index >= 15 is 0 Å². The molecule has 2 aromatic heterocycles. The van der Waals surface area contributed by atoms with E-state index in [2.05, 4.69) is 10.2 Å². The maximum absolute atomic E-state index is 13.6. The highest BCUT2D eigenvalue weighted by atomic mass is 35.5. The van der Waals surface area contributed by atoms with Gasteiger partial charge < -0.3 is 13.7 Å². The minimum absolute atomic E-state index is 0.0960. The summed E-state index contributed by atoms with van der Waals surface area (Å²) in [6, 6.07) is 11.2. The van der Waals surface area contributed by atoms with Crippen LogP contribution in [-0.2, 0) is 6.54 Å².